The summed E-state index contributed by atoms with van der Waals surface area (Å²) in [7, 11) is 4.66. The van der Waals surface area contributed by atoms with Crippen molar-refractivity contribution in [3.05, 3.63) is 47.9 Å². The summed E-state index contributed by atoms with van der Waals surface area (Å²) < 4.78 is 21.1. The van der Waals surface area contributed by atoms with Gasteiger partial charge < -0.3 is 23.9 Å². The van der Waals surface area contributed by atoms with Crippen LogP contribution in [0.5, 0.6) is 17.2 Å². The monoisotopic (exact) mass is 377 g/mol. The Labute approximate surface area is 157 Å². The van der Waals surface area contributed by atoms with Gasteiger partial charge in [0.25, 0.3) is 0 Å². The smallest absolute Gasteiger partial charge is 0.244 e. The normalized spacial score (nSPS) is 10.7. The molecule has 6 nitrogen and oxygen atoms in total. The van der Waals surface area contributed by atoms with E-state index in [0.29, 0.717) is 23.8 Å². The number of amides is 1. The average molecular weight is 377 g/mol. The minimum atomic E-state index is -0.155. The molecule has 0 atom stereocenters. The van der Waals surface area contributed by atoms with Gasteiger partial charge in [-0.2, -0.15) is 11.8 Å². The Balaban J connectivity index is 1.83. The van der Waals surface area contributed by atoms with Crippen LogP contribution in [-0.2, 0) is 10.5 Å². The lowest BCUT2D eigenvalue weighted by Crippen LogP contribution is -2.23. The summed E-state index contributed by atoms with van der Waals surface area (Å²) in [5, 5.41) is 2.85. The first-order valence-electron chi connectivity index (χ1n) is 8.04. The zero-order valence-corrected chi connectivity index (χ0v) is 15.9. The maximum atomic E-state index is 11.9. The molecule has 0 unspecified atom stereocenters. The fourth-order valence-electron chi connectivity index (χ4n) is 2.24. The molecule has 1 N–H and O–H groups in total. The molecule has 1 aromatic carbocycles. The van der Waals surface area contributed by atoms with Gasteiger partial charge >= 0.3 is 0 Å². The molecule has 1 amide bonds. The molecule has 0 spiro atoms. The molecule has 1 heterocycles. The highest BCUT2D eigenvalue weighted by Crippen LogP contribution is 2.38. The lowest BCUT2D eigenvalue weighted by Gasteiger charge is -2.12. The Hall–Kier alpha value is -2.54. The highest BCUT2D eigenvalue weighted by atomic mass is 32.2. The van der Waals surface area contributed by atoms with Crippen LogP contribution in [0.3, 0.4) is 0 Å². The summed E-state index contributed by atoms with van der Waals surface area (Å²) in [6.07, 6.45) is 4.85. The van der Waals surface area contributed by atoms with Gasteiger partial charge in [-0.15, -0.1) is 0 Å². The molecule has 0 saturated heterocycles. The fourth-order valence-corrected chi connectivity index (χ4v) is 3.00. The molecular weight excluding hydrogens is 354 g/mol. The molecule has 7 heteroatoms. The first-order chi connectivity index (χ1) is 12.7. The molecule has 0 radical (unpaired) electrons. The SMILES string of the molecule is COc1cc(/C=C/C(=O)NCCSCc2ccco2)cc(OC)c1OC. The second-order valence-electron chi connectivity index (χ2n) is 5.21. The maximum Gasteiger partial charge on any atom is 0.244 e. The summed E-state index contributed by atoms with van der Waals surface area (Å²) >= 11 is 1.70. The van der Waals surface area contributed by atoms with Gasteiger partial charge in [0, 0.05) is 18.4 Å². The van der Waals surface area contributed by atoms with Crippen molar-refractivity contribution in [1.29, 1.82) is 0 Å². The van der Waals surface area contributed by atoms with Crippen molar-refractivity contribution in [1.82, 2.24) is 5.32 Å². The number of methoxy groups -OCH3 is 3. The molecule has 0 saturated carbocycles. The Morgan fingerprint density at radius 1 is 1.19 bits per heavy atom. The van der Waals surface area contributed by atoms with Crippen molar-refractivity contribution in [3.8, 4) is 17.2 Å². The Bertz CT molecular complexity index is 703. The minimum Gasteiger partial charge on any atom is -0.493 e. The van der Waals surface area contributed by atoms with E-state index in [0.717, 1.165) is 22.8 Å². The summed E-state index contributed by atoms with van der Waals surface area (Å²) in [5.41, 5.74) is 0.779. The van der Waals surface area contributed by atoms with Crippen LogP contribution in [0.1, 0.15) is 11.3 Å². The topological polar surface area (TPSA) is 69.9 Å². The summed E-state index contributed by atoms with van der Waals surface area (Å²) in [6.45, 7) is 0.587. The van der Waals surface area contributed by atoms with Crippen LogP contribution in [0, 0.1) is 0 Å². The predicted octanol–water partition coefficient (Wildman–Crippen LogP) is 3.37. The highest BCUT2D eigenvalue weighted by Gasteiger charge is 2.12. The largest absolute Gasteiger partial charge is 0.493 e. The number of hydrogen-bond acceptors (Lipinski definition) is 6. The molecule has 0 aliphatic heterocycles. The minimum absolute atomic E-state index is 0.155. The van der Waals surface area contributed by atoms with Crippen LogP contribution >= 0.6 is 11.8 Å². The molecule has 2 aromatic rings. The van der Waals surface area contributed by atoms with E-state index in [9.17, 15) is 4.79 Å². The van der Waals surface area contributed by atoms with Gasteiger partial charge in [-0.05, 0) is 35.9 Å². The maximum absolute atomic E-state index is 11.9. The number of benzene rings is 1. The number of hydrogen-bond donors (Lipinski definition) is 1. The molecular formula is C19H23NO5S. The quantitative estimate of drug-likeness (QED) is 0.506. The molecule has 0 aliphatic rings. The Kier molecular flexibility index (Phi) is 7.95. The number of thioether (sulfide) groups is 1. The molecule has 26 heavy (non-hydrogen) atoms. The van der Waals surface area contributed by atoms with Crippen molar-refractivity contribution in [2.24, 2.45) is 0 Å². The standard InChI is InChI=1S/C19H23NO5S/c1-22-16-11-14(12-17(23-2)19(16)24-3)6-7-18(21)20-8-10-26-13-15-5-4-9-25-15/h4-7,9,11-12H,8,10,13H2,1-3H3,(H,20,21)/b7-6+. The number of furan rings is 1. The van der Waals surface area contributed by atoms with E-state index in [1.165, 1.54) is 6.08 Å². The molecule has 0 fully saturated rings. The lowest BCUT2D eigenvalue weighted by molar-refractivity contribution is -0.116. The van der Waals surface area contributed by atoms with Crippen LogP contribution in [0.25, 0.3) is 6.08 Å². The van der Waals surface area contributed by atoms with Crippen LogP contribution in [0.15, 0.2) is 41.0 Å². The van der Waals surface area contributed by atoms with Gasteiger partial charge in [-0.25, -0.2) is 0 Å². The van der Waals surface area contributed by atoms with Crippen LogP contribution in [-0.4, -0.2) is 39.5 Å². The van der Waals surface area contributed by atoms with E-state index in [2.05, 4.69) is 5.32 Å². The van der Waals surface area contributed by atoms with Crippen molar-refractivity contribution in [2.75, 3.05) is 33.6 Å². The number of ether oxygens (including phenoxy) is 3. The second-order valence-corrected chi connectivity index (χ2v) is 6.32. The van der Waals surface area contributed by atoms with E-state index >= 15 is 0 Å². The third kappa shape index (κ3) is 5.77. The molecule has 0 bridgehead atoms. The number of carbonyl (C=O) groups excluding carboxylic acids is 1. The van der Waals surface area contributed by atoms with Crippen LogP contribution < -0.4 is 19.5 Å². The predicted molar refractivity (Wildman–Crippen MR) is 103 cm³/mol. The van der Waals surface area contributed by atoms with Crippen molar-refractivity contribution >= 4 is 23.7 Å². The van der Waals surface area contributed by atoms with E-state index < -0.39 is 0 Å². The molecule has 1 aromatic heterocycles. The van der Waals surface area contributed by atoms with Crippen molar-refractivity contribution in [3.63, 3.8) is 0 Å². The van der Waals surface area contributed by atoms with Gasteiger partial charge in [0.2, 0.25) is 11.7 Å². The third-order valence-corrected chi connectivity index (χ3v) is 4.47. The fraction of sp³-hybridized carbons (Fsp3) is 0.316. The van der Waals surface area contributed by atoms with Gasteiger partial charge in [0.15, 0.2) is 11.5 Å². The lowest BCUT2D eigenvalue weighted by atomic mass is 10.1. The molecule has 0 aliphatic carbocycles. The third-order valence-electron chi connectivity index (χ3n) is 3.48. The van der Waals surface area contributed by atoms with Crippen molar-refractivity contribution < 1.29 is 23.4 Å². The molecule has 140 valence electrons. The van der Waals surface area contributed by atoms with E-state index in [-0.39, 0.29) is 5.91 Å². The summed E-state index contributed by atoms with van der Waals surface area (Å²) in [5.74, 6) is 3.99. The second kappa shape index (κ2) is 10.5. The first-order valence-corrected chi connectivity index (χ1v) is 9.19. The first kappa shape index (κ1) is 19.8. The Morgan fingerprint density at radius 3 is 2.50 bits per heavy atom. The van der Waals surface area contributed by atoms with E-state index in [1.807, 2.05) is 12.1 Å². The zero-order chi connectivity index (χ0) is 18.8. The van der Waals surface area contributed by atoms with Crippen LogP contribution in [0.2, 0.25) is 0 Å². The van der Waals surface area contributed by atoms with E-state index in [1.54, 1.807) is 57.6 Å². The van der Waals surface area contributed by atoms with Crippen molar-refractivity contribution in [2.45, 2.75) is 5.75 Å². The van der Waals surface area contributed by atoms with Gasteiger partial charge in [-0.3, -0.25) is 4.79 Å². The van der Waals surface area contributed by atoms with Gasteiger partial charge in [-0.1, -0.05) is 0 Å². The Morgan fingerprint density at radius 2 is 1.92 bits per heavy atom. The van der Waals surface area contributed by atoms with Gasteiger partial charge in [0.1, 0.15) is 5.76 Å². The number of rotatable bonds is 10. The zero-order valence-electron chi connectivity index (χ0n) is 15.1. The number of nitrogens with one attached hydrogen (secondary N) is 1. The van der Waals surface area contributed by atoms with Crippen LogP contribution in [0.4, 0.5) is 0 Å². The summed E-state index contributed by atoms with van der Waals surface area (Å²) in [4.78, 5) is 11.9. The summed E-state index contributed by atoms with van der Waals surface area (Å²) in [6, 6.07) is 7.37. The average Bonchev–Trinajstić information content (AvgIpc) is 3.18. The molecule has 2 rings (SSSR count). The van der Waals surface area contributed by atoms with E-state index in [4.69, 9.17) is 18.6 Å². The van der Waals surface area contributed by atoms with Gasteiger partial charge in [0.05, 0.1) is 33.3 Å². The number of carbonyl (C=O) groups is 1. The highest BCUT2D eigenvalue weighted by molar-refractivity contribution is 7.98.